The number of carbonyl (C=O) groups excluding carboxylic acids is 2. The number of fused-ring (bicyclic) bond motifs is 1. The highest BCUT2D eigenvalue weighted by molar-refractivity contribution is 8.01. The average Bonchev–Trinajstić information content (AvgIpc) is 2.97. The van der Waals surface area contributed by atoms with Gasteiger partial charge in [-0.3, -0.25) is 14.5 Å². The van der Waals surface area contributed by atoms with E-state index >= 15 is 0 Å². The molecule has 1 aromatic rings. The zero-order valence-corrected chi connectivity index (χ0v) is 17.5. The number of amides is 1. The zero-order chi connectivity index (χ0) is 20.1. The topological polar surface area (TPSA) is 134 Å². The lowest BCUT2D eigenvalue weighted by molar-refractivity contribution is -0.138. The Labute approximate surface area is 164 Å². The van der Waals surface area contributed by atoms with Gasteiger partial charge in [-0.25, -0.2) is 8.42 Å². The maximum atomic E-state index is 13.0. The van der Waals surface area contributed by atoms with E-state index in [1.807, 2.05) is 0 Å². The Hall–Kier alpha value is -1.88. The first-order valence-electron chi connectivity index (χ1n) is 7.94. The molecule has 12 heteroatoms. The lowest BCUT2D eigenvalue weighted by atomic mass is 9.86. The highest BCUT2D eigenvalue weighted by atomic mass is 32.2. The van der Waals surface area contributed by atoms with Crippen molar-refractivity contribution in [1.82, 2.24) is 15.1 Å². The van der Waals surface area contributed by atoms with Gasteiger partial charge in [0.05, 0.1) is 11.4 Å². The Morgan fingerprint density at radius 1 is 1.41 bits per heavy atom. The summed E-state index contributed by atoms with van der Waals surface area (Å²) in [5.41, 5.74) is 8.13. The largest absolute Gasteiger partial charge is 0.394 e. The standard InChI is InChI=1S/C15H17N5O4S3/c1-7-18-19-14(26-7)25-5-8-6-27(23,24)13-9(17-16)12(22)20(13)10(8)11(21)15(2,3)4/h13H,5-6H2,1-4H3/t13-/m0/s1. The van der Waals surface area contributed by atoms with Crippen LogP contribution in [0.3, 0.4) is 0 Å². The molecule has 27 heavy (non-hydrogen) atoms. The summed E-state index contributed by atoms with van der Waals surface area (Å²) in [5, 5.41) is 7.26. The molecule has 3 rings (SSSR count). The van der Waals surface area contributed by atoms with Crippen molar-refractivity contribution in [2.24, 2.45) is 5.41 Å². The average molecular weight is 428 g/mol. The van der Waals surface area contributed by atoms with Crippen molar-refractivity contribution in [1.29, 1.82) is 0 Å². The number of ketones is 1. The van der Waals surface area contributed by atoms with E-state index in [4.69, 9.17) is 5.53 Å². The number of aryl methyl sites for hydroxylation is 1. The molecule has 0 saturated carbocycles. The van der Waals surface area contributed by atoms with Crippen molar-refractivity contribution in [2.75, 3.05) is 11.5 Å². The number of thioether (sulfide) groups is 1. The molecule has 0 unspecified atom stereocenters. The van der Waals surface area contributed by atoms with Crippen LogP contribution in [0.5, 0.6) is 0 Å². The monoisotopic (exact) mass is 427 g/mol. The summed E-state index contributed by atoms with van der Waals surface area (Å²) in [7, 11) is -3.82. The van der Waals surface area contributed by atoms with Crippen LogP contribution in [0.1, 0.15) is 25.8 Å². The molecule has 1 atom stereocenters. The minimum Gasteiger partial charge on any atom is -0.361 e. The summed E-state index contributed by atoms with van der Waals surface area (Å²) in [4.78, 5) is 29.1. The number of rotatable bonds is 4. The van der Waals surface area contributed by atoms with Crippen LogP contribution in [0.2, 0.25) is 0 Å². The van der Waals surface area contributed by atoms with Gasteiger partial charge < -0.3 is 5.53 Å². The number of carbonyl (C=O) groups is 2. The first kappa shape index (κ1) is 19.9. The maximum absolute atomic E-state index is 13.0. The second kappa shape index (κ2) is 6.62. The van der Waals surface area contributed by atoms with Gasteiger partial charge >= 0.3 is 11.6 Å². The molecule has 1 aromatic heterocycles. The summed E-state index contributed by atoms with van der Waals surface area (Å²) in [6.45, 7) is 6.90. The summed E-state index contributed by atoms with van der Waals surface area (Å²) >= 11 is 2.63. The number of β-lactam (4-membered cyclic amide) rings is 1. The molecular formula is C15H17N5O4S3. The minimum atomic E-state index is -3.82. The quantitative estimate of drug-likeness (QED) is 0.304. The third-order valence-corrected chi connectivity index (χ3v) is 8.00. The Balaban J connectivity index is 2.07. The predicted molar refractivity (Wildman–Crippen MR) is 99.9 cm³/mol. The van der Waals surface area contributed by atoms with Crippen molar-refractivity contribution in [3.05, 3.63) is 21.8 Å². The number of Topliss-reactive ketones (excluding diaryl/α,β-unsaturated/α-hetero) is 1. The molecule has 9 nitrogen and oxygen atoms in total. The fraction of sp³-hybridized carbons (Fsp3) is 0.533. The molecule has 1 amide bonds. The van der Waals surface area contributed by atoms with Crippen molar-refractivity contribution in [3.63, 3.8) is 0 Å². The van der Waals surface area contributed by atoms with Gasteiger partial charge in [0.2, 0.25) is 5.37 Å². The molecule has 144 valence electrons. The van der Waals surface area contributed by atoms with Crippen LogP contribution in [0.25, 0.3) is 5.53 Å². The SMILES string of the molecule is Cc1nnc(SCC2=C(C(=O)C(C)(C)C)N3C(=O)C(=[N+]=[N-])[C@@H]3S(=O)(=O)C2)s1. The Morgan fingerprint density at radius 3 is 2.59 bits per heavy atom. The molecular weight excluding hydrogens is 410 g/mol. The highest BCUT2D eigenvalue weighted by Crippen LogP contribution is 2.39. The molecule has 2 aliphatic heterocycles. The molecule has 1 saturated heterocycles. The summed E-state index contributed by atoms with van der Waals surface area (Å²) < 4.78 is 25.9. The molecule has 0 spiro atoms. The Kier molecular flexibility index (Phi) is 4.87. The van der Waals surface area contributed by atoms with E-state index in [1.54, 1.807) is 27.7 Å². The maximum Gasteiger partial charge on any atom is 0.394 e. The molecule has 3 heterocycles. The molecule has 2 aliphatic rings. The van der Waals surface area contributed by atoms with Crippen LogP contribution < -0.4 is 0 Å². The number of hydrogen-bond donors (Lipinski definition) is 0. The Bertz CT molecular complexity index is 1030. The van der Waals surface area contributed by atoms with Gasteiger partial charge in [0.1, 0.15) is 5.01 Å². The van der Waals surface area contributed by atoms with E-state index in [9.17, 15) is 18.0 Å². The lowest BCUT2D eigenvalue weighted by Gasteiger charge is -2.42. The third-order valence-electron chi connectivity index (χ3n) is 4.08. The zero-order valence-electron chi connectivity index (χ0n) is 15.1. The molecule has 0 N–H and O–H groups in total. The van der Waals surface area contributed by atoms with Gasteiger partial charge in [0.15, 0.2) is 20.0 Å². The fourth-order valence-electron chi connectivity index (χ4n) is 2.81. The van der Waals surface area contributed by atoms with E-state index in [1.165, 1.54) is 23.1 Å². The second-order valence-corrected chi connectivity index (χ2v) is 11.7. The normalized spacial score (nSPS) is 21.6. The van der Waals surface area contributed by atoms with E-state index in [2.05, 4.69) is 15.0 Å². The van der Waals surface area contributed by atoms with Gasteiger partial charge in [0, 0.05) is 11.2 Å². The third kappa shape index (κ3) is 3.38. The number of allylic oxidation sites excluding steroid dienone is 1. The Morgan fingerprint density at radius 2 is 2.07 bits per heavy atom. The van der Waals surface area contributed by atoms with Crippen LogP contribution in [0, 0.1) is 12.3 Å². The smallest absolute Gasteiger partial charge is 0.361 e. The summed E-state index contributed by atoms with van der Waals surface area (Å²) in [6.07, 6.45) is 0. The summed E-state index contributed by atoms with van der Waals surface area (Å²) in [6, 6.07) is 0. The van der Waals surface area contributed by atoms with Crippen LogP contribution in [-0.2, 0) is 19.4 Å². The number of aromatic nitrogens is 2. The lowest BCUT2D eigenvalue weighted by Crippen LogP contribution is -2.68. The number of sulfone groups is 1. The summed E-state index contributed by atoms with van der Waals surface area (Å²) in [5.74, 6) is -1.31. The van der Waals surface area contributed by atoms with Crippen molar-refractivity contribution >= 4 is 50.3 Å². The van der Waals surface area contributed by atoms with Crippen LogP contribution >= 0.6 is 23.1 Å². The van der Waals surface area contributed by atoms with Crippen LogP contribution in [0.4, 0.5) is 0 Å². The van der Waals surface area contributed by atoms with Gasteiger partial charge in [0.25, 0.3) is 0 Å². The van der Waals surface area contributed by atoms with E-state index in [0.29, 0.717) is 9.91 Å². The van der Waals surface area contributed by atoms with E-state index < -0.39 is 32.2 Å². The molecule has 1 fully saturated rings. The first-order valence-corrected chi connectivity index (χ1v) is 11.5. The van der Waals surface area contributed by atoms with Crippen molar-refractivity contribution in [3.8, 4) is 0 Å². The van der Waals surface area contributed by atoms with Crippen molar-refractivity contribution < 1.29 is 22.8 Å². The van der Waals surface area contributed by atoms with Gasteiger partial charge in [-0.2, -0.15) is 4.79 Å². The number of nitrogens with zero attached hydrogens (tertiary/aromatic N) is 5. The predicted octanol–water partition coefficient (Wildman–Crippen LogP) is 1.08. The van der Waals surface area contributed by atoms with Gasteiger partial charge in [-0.1, -0.05) is 43.9 Å². The van der Waals surface area contributed by atoms with Gasteiger partial charge in [-0.05, 0) is 12.5 Å². The van der Waals surface area contributed by atoms with E-state index in [0.717, 1.165) is 9.91 Å². The molecule has 0 bridgehead atoms. The van der Waals surface area contributed by atoms with Crippen LogP contribution in [-0.4, -0.2) is 62.6 Å². The van der Waals surface area contributed by atoms with Crippen LogP contribution in [0.15, 0.2) is 15.6 Å². The van der Waals surface area contributed by atoms with Gasteiger partial charge in [-0.15, -0.1) is 10.2 Å². The highest BCUT2D eigenvalue weighted by Gasteiger charge is 2.64. The molecule has 0 aromatic carbocycles. The first-order chi connectivity index (χ1) is 12.5. The number of hydrogen-bond acceptors (Lipinski definition) is 8. The van der Waals surface area contributed by atoms with E-state index in [-0.39, 0.29) is 23.0 Å². The second-order valence-electron chi connectivity index (χ2n) is 7.23. The fourth-order valence-corrected chi connectivity index (χ4v) is 6.66. The minimum absolute atomic E-state index is 0.0773. The van der Waals surface area contributed by atoms with Crippen molar-refractivity contribution in [2.45, 2.75) is 37.4 Å². The molecule has 0 radical (unpaired) electrons. The molecule has 0 aliphatic carbocycles.